The van der Waals surface area contributed by atoms with E-state index in [9.17, 15) is 9.59 Å². The van der Waals surface area contributed by atoms with Gasteiger partial charge in [0, 0.05) is 6.42 Å². The number of carbonyl (C=O) groups excluding carboxylic acids is 1. The van der Waals surface area contributed by atoms with E-state index in [0.29, 0.717) is 5.84 Å². The molecule has 3 N–H and O–H groups in total. The predicted molar refractivity (Wildman–Crippen MR) is 78.0 cm³/mol. The first-order valence-corrected chi connectivity index (χ1v) is 6.44. The average Bonchev–Trinajstić information content (AvgIpc) is 2.46. The molecule has 0 radical (unpaired) electrons. The van der Waals surface area contributed by atoms with E-state index < -0.39 is 5.97 Å². The highest BCUT2D eigenvalue weighted by Crippen LogP contribution is 2.23. The number of benzene rings is 1. The first kappa shape index (κ1) is 14.7. The van der Waals surface area contributed by atoms with Crippen molar-refractivity contribution in [3.05, 3.63) is 35.4 Å². The molecule has 1 atom stereocenters. The van der Waals surface area contributed by atoms with Crippen molar-refractivity contribution in [3.63, 3.8) is 0 Å². The van der Waals surface area contributed by atoms with Crippen molar-refractivity contribution in [1.82, 2.24) is 10.9 Å². The van der Waals surface area contributed by atoms with E-state index in [1.54, 1.807) is 0 Å². The van der Waals surface area contributed by atoms with Gasteiger partial charge in [0.15, 0.2) is 5.84 Å². The minimum Gasteiger partial charge on any atom is -0.477 e. The smallest absolute Gasteiger partial charge is 0.351 e. The molecule has 0 aliphatic carbocycles. The van der Waals surface area contributed by atoms with Crippen LogP contribution in [0.2, 0.25) is 0 Å². The third kappa shape index (κ3) is 3.65. The van der Waals surface area contributed by atoms with Gasteiger partial charge in [0.1, 0.15) is 5.71 Å². The molecule has 110 valence electrons. The van der Waals surface area contributed by atoms with Crippen LogP contribution in [0.15, 0.2) is 34.5 Å². The summed E-state index contributed by atoms with van der Waals surface area (Å²) in [5, 5.41) is 16.4. The number of amidine groups is 1. The Morgan fingerprint density at radius 1 is 1.29 bits per heavy atom. The van der Waals surface area contributed by atoms with Gasteiger partial charge in [0.2, 0.25) is 5.91 Å². The summed E-state index contributed by atoms with van der Waals surface area (Å²) in [6, 6.07) is 7.74. The molecule has 1 unspecified atom stereocenters. The van der Waals surface area contributed by atoms with Crippen LogP contribution in [0, 0.1) is 6.92 Å². The number of rotatable bonds is 3. The Morgan fingerprint density at radius 3 is 2.57 bits per heavy atom. The average molecular weight is 288 g/mol. The van der Waals surface area contributed by atoms with Gasteiger partial charge in [-0.1, -0.05) is 29.8 Å². The summed E-state index contributed by atoms with van der Waals surface area (Å²) in [4.78, 5) is 22.3. The Kier molecular flexibility index (Phi) is 4.32. The molecule has 1 heterocycles. The maximum atomic E-state index is 11.5. The zero-order chi connectivity index (χ0) is 15.4. The number of amides is 1. The number of aryl methyl sites for hydroxylation is 1. The van der Waals surface area contributed by atoms with E-state index in [-0.39, 0.29) is 24.0 Å². The largest absolute Gasteiger partial charge is 0.477 e. The normalized spacial score (nSPS) is 20.9. The molecule has 0 saturated carbocycles. The summed E-state index contributed by atoms with van der Waals surface area (Å²) >= 11 is 0. The first-order chi connectivity index (χ1) is 9.97. The Hall–Kier alpha value is -2.70. The molecule has 1 aromatic rings. The van der Waals surface area contributed by atoms with Gasteiger partial charge in [-0.3, -0.25) is 15.6 Å². The molecule has 1 saturated heterocycles. The molecule has 1 amide bonds. The van der Waals surface area contributed by atoms with Gasteiger partial charge >= 0.3 is 5.97 Å². The van der Waals surface area contributed by atoms with Gasteiger partial charge in [-0.05, 0) is 19.4 Å². The zero-order valence-electron chi connectivity index (χ0n) is 11.8. The number of hydrogen-bond acceptors (Lipinski definition) is 4. The Morgan fingerprint density at radius 2 is 1.95 bits per heavy atom. The summed E-state index contributed by atoms with van der Waals surface area (Å²) in [7, 11) is 0. The first-order valence-electron chi connectivity index (χ1n) is 6.44. The van der Waals surface area contributed by atoms with Gasteiger partial charge in [0.25, 0.3) is 0 Å². The number of hydrazine groups is 1. The molecule has 21 heavy (non-hydrogen) atoms. The fourth-order valence-corrected chi connectivity index (χ4v) is 1.89. The summed E-state index contributed by atoms with van der Waals surface area (Å²) < 4.78 is 0. The standard InChI is InChI=1S/C14H16N4O3/c1-8-3-5-10(6-4-8)11-7-12(19)16-18-13(11)17-15-9(2)14(20)21/h3-6,11H,7H2,1-2H3,(H,16,19)(H,17,18)(H,20,21)/b15-9+. The molecular weight excluding hydrogens is 272 g/mol. The molecule has 1 aliphatic heterocycles. The summed E-state index contributed by atoms with van der Waals surface area (Å²) in [6.07, 6.45) is 0.233. The van der Waals surface area contributed by atoms with Crippen molar-refractivity contribution in [2.45, 2.75) is 26.2 Å². The van der Waals surface area contributed by atoms with Crippen molar-refractivity contribution in [1.29, 1.82) is 0 Å². The summed E-state index contributed by atoms with van der Waals surface area (Å²) in [6.45, 7) is 3.33. The molecular formula is C14H16N4O3. The minimum atomic E-state index is -1.13. The number of hydrogen-bond donors (Lipinski definition) is 3. The lowest BCUT2D eigenvalue weighted by Crippen LogP contribution is -2.50. The second-order valence-corrected chi connectivity index (χ2v) is 4.82. The van der Waals surface area contributed by atoms with Crippen molar-refractivity contribution in [2.75, 3.05) is 0 Å². The quantitative estimate of drug-likeness (QED) is 0.569. The monoisotopic (exact) mass is 288 g/mol. The lowest BCUT2D eigenvalue weighted by molar-refractivity contribution is -0.129. The second kappa shape index (κ2) is 6.17. The van der Waals surface area contributed by atoms with E-state index in [1.165, 1.54) is 6.92 Å². The van der Waals surface area contributed by atoms with Crippen molar-refractivity contribution in [2.24, 2.45) is 10.2 Å². The van der Waals surface area contributed by atoms with E-state index in [1.807, 2.05) is 31.2 Å². The number of carboxylic acids is 1. The van der Waals surface area contributed by atoms with Crippen LogP contribution in [0.5, 0.6) is 0 Å². The highest BCUT2D eigenvalue weighted by Gasteiger charge is 2.27. The zero-order valence-corrected chi connectivity index (χ0v) is 11.8. The summed E-state index contributed by atoms with van der Waals surface area (Å²) in [5.74, 6) is -1.15. The topological polar surface area (TPSA) is 103 Å². The molecule has 0 aromatic heterocycles. The molecule has 7 heteroatoms. The van der Waals surface area contributed by atoms with Gasteiger partial charge in [-0.2, -0.15) is 0 Å². The van der Waals surface area contributed by atoms with Crippen LogP contribution in [0.1, 0.15) is 30.4 Å². The van der Waals surface area contributed by atoms with E-state index >= 15 is 0 Å². The fourth-order valence-electron chi connectivity index (χ4n) is 1.89. The van der Waals surface area contributed by atoms with Gasteiger partial charge in [0.05, 0.1) is 5.92 Å². The van der Waals surface area contributed by atoms with E-state index in [0.717, 1.165) is 11.1 Å². The van der Waals surface area contributed by atoms with Crippen molar-refractivity contribution < 1.29 is 14.7 Å². The maximum Gasteiger partial charge on any atom is 0.351 e. The third-order valence-corrected chi connectivity index (χ3v) is 3.15. The summed E-state index contributed by atoms with van der Waals surface area (Å²) in [5.41, 5.74) is 7.05. The van der Waals surface area contributed by atoms with Gasteiger partial charge in [-0.25, -0.2) is 4.79 Å². The Bertz CT molecular complexity index is 620. The van der Waals surface area contributed by atoms with Crippen LogP contribution in [-0.4, -0.2) is 28.5 Å². The maximum absolute atomic E-state index is 11.5. The van der Waals surface area contributed by atoms with Crippen LogP contribution >= 0.6 is 0 Å². The molecule has 7 nitrogen and oxygen atoms in total. The third-order valence-electron chi connectivity index (χ3n) is 3.15. The number of nitrogens with one attached hydrogen (secondary N) is 2. The van der Waals surface area contributed by atoms with Crippen LogP contribution in [0.25, 0.3) is 0 Å². The lowest BCUT2D eigenvalue weighted by atomic mass is 9.92. The number of carboxylic acid groups (broad SMARTS) is 1. The fraction of sp³-hybridized carbons (Fsp3) is 0.286. The van der Waals surface area contributed by atoms with Crippen LogP contribution < -0.4 is 10.9 Å². The Balaban J connectivity index is 2.31. The van der Waals surface area contributed by atoms with Crippen LogP contribution in [-0.2, 0) is 9.59 Å². The van der Waals surface area contributed by atoms with Gasteiger partial charge < -0.3 is 5.11 Å². The van der Waals surface area contributed by atoms with Crippen LogP contribution in [0.3, 0.4) is 0 Å². The van der Waals surface area contributed by atoms with Gasteiger partial charge in [-0.15, -0.1) is 10.2 Å². The van der Waals surface area contributed by atoms with Crippen molar-refractivity contribution in [3.8, 4) is 0 Å². The molecule has 1 aliphatic rings. The lowest BCUT2D eigenvalue weighted by Gasteiger charge is -2.25. The minimum absolute atomic E-state index is 0.121. The number of carbonyl (C=O) groups is 2. The SMILES string of the molecule is C/C(=N\N=C1/NNC(=O)CC1c1ccc(C)cc1)C(=O)O. The van der Waals surface area contributed by atoms with Crippen LogP contribution in [0.4, 0.5) is 0 Å². The van der Waals surface area contributed by atoms with Crippen molar-refractivity contribution >= 4 is 23.4 Å². The highest BCUT2D eigenvalue weighted by atomic mass is 16.4. The number of nitrogens with zero attached hydrogens (tertiary/aromatic N) is 2. The van der Waals surface area contributed by atoms with E-state index in [4.69, 9.17) is 5.11 Å². The molecule has 1 fully saturated rings. The second-order valence-electron chi connectivity index (χ2n) is 4.82. The Labute approximate surface area is 121 Å². The molecule has 0 bridgehead atoms. The highest BCUT2D eigenvalue weighted by molar-refractivity contribution is 6.34. The van der Waals surface area contributed by atoms with E-state index in [2.05, 4.69) is 21.1 Å². The molecule has 2 rings (SSSR count). The number of aliphatic carboxylic acids is 1. The molecule has 0 spiro atoms. The molecule has 1 aromatic carbocycles. The predicted octanol–water partition coefficient (Wildman–Crippen LogP) is 0.962.